The molecule has 3 aromatic rings. The molecule has 2 aromatic carbocycles. The van der Waals surface area contributed by atoms with Crippen molar-refractivity contribution in [1.29, 1.82) is 0 Å². The first-order chi connectivity index (χ1) is 17.9. The highest BCUT2D eigenvalue weighted by Gasteiger charge is 2.37. The van der Waals surface area contributed by atoms with Crippen LogP contribution in [0.15, 0.2) is 70.1 Å². The highest BCUT2D eigenvalue weighted by atomic mass is 32.2. The smallest absolute Gasteiger partial charge is 0.248 e. The van der Waals surface area contributed by atoms with Gasteiger partial charge in [-0.1, -0.05) is 65.8 Å². The molecular weight excluding hydrogens is 488 g/mol. The molecule has 2 aliphatic rings. The van der Waals surface area contributed by atoms with Crippen molar-refractivity contribution in [3.8, 4) is 0 Å². The zero-order chi connectivity index (χ0) is 26.0. The Kier molecular flexibility index (Phi) is 7.46. The van der Waals surface area contributed by atoms with Gasteiger partial charge in [0.05, 0.1) is 6.04 Å². The van der Waals surface area contributed by atoms with E-state index < -0.39 is 10.0 Å². The van der Waals surface area contributed by atoms with Crippen molar-refractivity contribution in [3.63, 3.8) is 0 Å². The first-order valence-electron chi connectivity index (χ1n) is 12.9. The van der Waals surface area contributed by atoms with Gasteiger partial charge in [-0.3, -0.25) is 9.69 Å². The molecule has 0 saturated carbocycles. The van der Waals surface area contributed by atoms with Crippen LogP contribution in [0.3, 0.4) is 0 Å². The Morgan fingerprint density at radius 2 is 1.41 bits per heavy atom. The van der Waals surface area contributed by atoms with Gasteiger partial charge < -0.3 is 9.42 Å². The van der Waals surface area contributed by atoms with E-state index in [9.17, 15) is 13.2 Å². The van der Waals surface area contributed by atoms with E-state index in [0.29, 0.717) is 50.5 Å². The van der Waals surface area contributed by atoms with Crippen molar-refractivity contribution < 1.29 is 17.7 Å². The van der Waals surface area contributed by atoms with Gasteiger partial charge in [0.25, 0.3) is 0 Å². The Hall–Kier alpha value is -3.01. The Morgan fingerprint density at radius 1 is 0.865 bits per heavy atom. The van der Waals surface area contributed by atoms with Gasteiger partial charge in [0, 0.05) is 45.2 Å². The molecule has 0 atom stereocenters. The Labute approximate surface area is 218 Å². The molecule has 0 spiro atoms. The lowest BCUT2D eigenvalue weighted by molar-refractivity contribution is -0.138. The minimum absolute atomic E-state index is 0.144. The number of hydrogen-bond acceptors (Lipinski definition) is 6. The van der Waals surface area contributed by atoms with Gasteiger partial charge in [-0.15, -0.1) is 0 Å². The van der Waals surface area contributed by atoms with Crippen LogP contribution in [0.1, 0.15) is 41.5 Å². The number of sulfonamides is 1. The zero-order valence-electron chi connectivity index (χ0n) is 21.4. The predicted molar refractivity (Wildman–Crippen MR) is 140 cm³/mol. The number of rotatable bonds is 6. The van der Waals surface area contributed by atoms with Crippen molar-refractivity contribution in [3.05, 3.63) is 83.2 Å². The fraction of sp³-hybridized carbons (Fsp3) is 0.429. The van der Waals surface area contributed by atoms with Gasteiger partial charge >= 0.3 is 0 Å². The molecule has 2 fully saturated rings. The second-order valence-electron chi connectivity index (χ2n) is 9.92. The van der Waals surface area contributed by atoms with Crippen molar-refractivity contribution >= 4 is 15.9 Å². The Balaban J connectivity index is 1.20. The van der Waals surface area contributed by atoms with E-state index >= 15 is 0 Å². The number of amides is 1. The van der Waals surface area contributed by atoms with E-state index in [-0.39, 0.29) is 22.8 Å². The van der Waals surface area contributed by atoms with Gasteiger partial charge in [0.1, 0.15) is 10.6 Å². The first-order valence-corrected chi connectivity index (χ1v) is 14.4. The summed E-state index contributed by atoms with van der Waals surface area (Å²) in [5.74, 6) is 0.296. The third-order valence-electron chi connectivity index (χ3n) is 7.59. The number of piperazine rings is 1. The predicted octanol–water partition coefficient (Wildman–Crippen LogP) is 3.63. The summed E-state index contributed by atoms with van der Waals surface area (Å²) < 4.78 is 32.8. The van der Waals surface area contributed by atoms with Crippen LogP contribution < -0.4 is 0 Å². The Bertz CT molecular complexity index is 1250. The van der Waals surface area contributed by atoms with Crippen LogP contribution >= 0.6 is 0 Å². The summed E-state index contributed by atoms with van der Waals surface area (Å²) in [4.78, 5) is 17.9. The van der Waals surface area contributed by atoms with Crippen molar-refractivity contribution in [1.82, 2.24) is 19.3 Å². The first kappa shape index (κ1) is 25.6. The lowest BCUT2D eigenvalue weighted by Crippen LogP contribution is -2.52. The number of carbonyl (C=O) groups excluding carboxylic acids is 1. The number of carbonyl (C=O) groups is 1. The standard InChI is InChI=1S/C28H34N4O4S/c1-21-27(22(2)36-29-21)37(34,35)32-15-13-25(14-16-32)28(33)31-19-17-30(18-20-31)26(23-9-5-3-6-10-23)24-11-7-4-8-12-24/h3-12,25-26H,13-20H2,1-2H3. The summed E-state index contributed by atoms with van der Waals surface area (Å²) in [6, 6.07) is 21.2. The maximum Gasteiger partial charge on any atom is 0.248 e. The molecule has 9 heteroatoms. The molecule has 3 heterocycles. The van der Waals surface area contributed by atoms with Gasteiger partial charge in [-0.05, 0) is 37.8 Å². The molecule has 0 N–H and O–H groups in total. The van der Waals surface area contributed by atoms with E-state index in [1.807, 2.05) is 17.0 Å². The maximum atomic E-state index is 13.4. The molecule has 1 amide bonds. The molecule has 37 heavy (non-hydrogen) atoms. The molecule has 2 aliphatic heterocycles. The normalized spacial score (nSPS) is 18.4. The van der Waals surface area contributed by atoms with Crippen LogP contribution in [-0.2, 0) is 14.8 Å². The number of aryl methyl sites for hydroxylation is 2. The summed E-state index contributed by atoms with van der Waals surface area (Å²) >= 11 is 0. The number of benzene rings is 2. The van der Waals surface area contributed by atoms with Crippen LogP contribution in [0.5, 0.6) is 0 Å². The summed E-state index contributed by atoms with van der Waals surface area (Å²) in [6.45, 7) is 6.83. The number of nitrogens with zero attached hydrogens (tertiary/aromatic N) is 4. The molecule has 0 radical (unpaired) electrons. The van der Waals surface area contributed by atoms with Crippen LogP contribution in [0.4, 0.5) is 0 Å². The van der Waals surface area contributed by atoms with E-state index in [0.717, 1.165) is 13.1 Å². The lowest BCUT2D eigenvalue weighted by atomic mass is 9.95. The number of aromatic nitrogens is 1. The highest BCUT2D eigenvalue weighted by Crippen LogP contribution is 2.31. The molecule has 0 unspecified atom stereocenters. The summed E-state index contributed by atoms with van der Waals surface area (Å²) in [5, 5.41) is 3.79. The van der Waals surface area contributed by atoms with Crippen LogP contribution in [0.25, 0.3) is 0 Å². The van der Waals surface area contributed by atoms with Gasteiger partial charge in [-0.25, -0.2) is 8.42 Å². The largest absolute Gasteiger partial charge is 0.360 e. The summed E-state index contributed by atoms with van der Waals surface area (Å²) in [6.07, 6.45) is 1.05. The van der Waals surface area contributed by atoms with Crippen LogP contribution in [0.2, 0.25) is 0 Å². The molecule has 0 aliphatic carbocycles. The quantitative estimate of drug-likeness (QED) is 0.492. The summed E-state index contributed by atoms with van der Waals surface area (Å²) in [5.41, 5.74) is 2.87. The van der Waals surface area contributed by atoms with E-state index in [2.05, 4.69) is 58.6 Å². The van der Waals surface area contributed by atoms with Crippen molar-refractivity contribution in [2.24, 2.45) is 5.92 Å². The van der Waals surface area contributed by atoms with E-state index in [4.69, 9.17) is 4.52 Å². The van der Waals surface area contributed by atoms with Crippen molar-refractivity contribution in [2.75, 3.05) is 39.3 Å². The summed E-state index contributed by atoms with van der Waals surface area (Å²) in [7, 11) is -3.68. The Morgan fingerprint density at radius 3 is 1.89 bits per heavy atom. The molecule has 1 aromatic heterocycles. The topological polar surface area (TPSA) is 87.0 Å². The van der Waals surface area contributed by atoms with Gasteiger partial charge in [-0.2, -0.15) is 4.31 Å². The zero-order valence-corrected chi connectivity index (χ0v) is 22.2. The highest BCUT2D eigenvalue weighted by molar-refractivity contribution is 7.89. The minimum Gasteiger partial charge on any atom is -0.360 e. The molecular formula is C28H34N4O4S. The maximum absolute atomic E-state index is 13.4. The minimum atomic E-state index is -3.68. The number of hydrogen-bond donors (Lipinski definition) is 0. The van der Waals surface area contributed by atoms with E-state index in [1.165, 1.54) is 15.4 Å². The fourth-order valence-electron chi connectivity index (χ4n) is 5.66. The van der Waals surface area contributed by atoms with Gasteiger partial charge in [0.15, 0.2) is 5.76 Å². The third kappa shape index (κ3) is 5.21. The fourth-order valence-corrected chi connectivity index (χ4v) is 7.42. The SMILES string of the molecule is Cc1noc(C)c1S(=O)(=O)N1CCC(C(=O)N2CCN(C(c3ccccc3)c3ccccc3)CC2)CC1. The van der Waals surface area contributed by atoms with Gasteiger partial charge in [0.2, 0.25) is 15.9 Å². The molecule has 196 valence electrons. The van der Waals surface area contributed by atoms with Crippen LogP contribution in [0, 0.1) is 19.8 Å². The van der Waals surface area contributed by atoms with Crippen molar-refractivity contribution in [2.45, 2.75) is 37.6 Å². The average molecular weight is 523 g/mol. The van der Waals surface area contributed by atoms with E-state index in [1.54, 1.807) is 13.8 Å². The average Bonchev–Trinajstić information content (AvgIpc) is 3.28. The lowest BCUT2D eigenvalue weighted by Gasteiger charge is -2.41. The number of piperidine rings is 1. The third-order valence-corrected chi connectivity index (χ3v) is 9.73. The molecule has 8 nitrogen and oxygen atoms in total. The second-order valence-corrected chi connectivity index (χ2v) is 11.8. The second kappa shape index (κ2) is 10.8. The monoisotopic (exact) mass is 522 g/mol. The molecule has 0 bridgehead atoms. The molecule has 2 saturated heterocycles. The molecule has 5 rings (SSSR count). The van der Waals surface area contributed by atoms with Crippen LogP contribution in [-0.4, -0.2) is 72.9 Å².